The van der Waals surface area contributed by atoms with Crippen LogP contribution in [0.4, 0.5) is 0 Å². The lowest BCUT2D eigenvalue weighted by atomic mass is 10.1. The van der Waals surface area contributed by atoms with Crippen molar-refractivity contribution in [3.05, 3.63) is 24.7 Å². The molecule has 2 unspecified atom stereocenters. The molecule has 0 aromatic heterocycles. The zero-order chi connectivity index (χ0) is 18.5. The Morgan fingerprint density at radius 3 is 1.42 bits per heavy atom. The molecule has 0 bridgehead atoms. The molecule has 0 N–H and O–H groups in total. The number of ether oxygens (including phenoxy) is 4. The van der Waals surface area contributed by atoms with Crippen LogP contribution in [0.1, 0.15) is 51.4 Å². The van der Waals surface area contributed by atoms with E-state index < -0.39 is 0 Å². The second-order valence-electron chi connectivity index (χ2n) is 6.70. The van der Waals surface area contributed by atoms with Crippen molar-refractivity contribution in [2.45, 2.75) is 51.4 Å². The molecule has 0 aliphatic carbocycles. The highest BCUT2D eigenvalue weighted by atomic mass is 16.5. The zero-order valence-electron chi connectivity index (χ0n) is 15.4. The number of unbranched alkanes of at least 4 members (excludes halogenated alkanes) is 7. The molecule has 2 heterocycles. The maximum atomic E-state index is 11.6. The van der Waals surface area contributed by atoms with Crippen molar-refractivity contribution in [2.24, 2.45) is 11.8 Å². The second-order valence-corrected chi connectivity index (χ2v) is 6.70. The summed E-state index contributed by atoms with van der Waals surface area (Å²) in [7, 11) is 0. The van der Waals surface area contributed by atoms with Gasteiger partial charge in [-0.25, -0.2) is 0 Å². The standard InChI is InChI=1S/C20H30O6/c21-19(17-9-13-23-15-17)25-11-7-5-3-1-2-4-6-8-12-26-20(22)18-10-14-24-16-18/h9-10,13-14,17-18H,1-8,11-12,15-16H2. The van der Waals surface area contributed by atoms with E-state index in [-0.39, 0.29) is 23.8 Å². The van der Waals surface area contributed by atoms with Crippen molar-refractivity contribution >= 4 is 11.9 Å². The van der Waals surface area contributed by atoms with Crippen LogP contribution in [0, 0.1) is 11.8 Å². The summed E-state index contributed by atoms with van der Waals surface area (Å²) >= 11 is 0. The van der Waals surface area contributed by atoms with E-state index in [0.29, 0.717) is 26.4 Å². The summed E-state index contributed by atoms with van der Waals surface area (Å²) in [5.41, 5.74) is 0. The summed E-state index contributed by atoms with van der Waals surface area (Å²) in [4.78, 5) is 23.3. The number of hydrogen-bond donors (Lipinski definition) is 0. The summed E-state index contributed by atoms with van der Waals surface area (Å²) < 4.78 is 20.5. The lowest BCUT2D eigenvalue weighted by molar-refractivity contribution is -0.148. The quantitative estimate of drug-likeness (QED) is 0.367. The van der Waals surface area contributed by atoms with Gasteiger partial charge in [0.2, 0.25) is 0 Å². The molecule has 0 amide bonds. The average Bonchev–Trinajstić information content (AvgIpc) is 3.35. The molecule has 6 nitrogen and oxygen atoms in total. The maximum absolute atomic E-state index is 11.6. The smallest absolute Gasteiger partial charge is 0.316 e. The monoisotopic (exact) mass is 366 g/mol. The minimum atomic E-state index is -0.225. The van der Waals surface area contributed by atoms with Gasteiger partial charge in [0.05, 0.1) is 25.7 Å². The third-order valence-corrected chi connectivity index (χ3v) is 4.50. The topological polar surface area (TPSA) is 71.1 Å². The predicted molar refractivity (Wildman–Crippen MR) is 96.0 cm³/mol. The molecular weight excluding hydrogens is 336 g/mol. The number of carbonyl (C=O) groups excluding carboxylic acids is 2. The summed E-state index contributed by atoms with van der Waals surface area (Å²) in [6, 6.07) is 0. The van der Waals surface area contributed by atoms with Gasteiger partial charge in [0.1, 0.15) is 25.0 Å². The molecule has 0 aromatic carbocycles. The second kappa shape index (κ2) is 12.4. The molecule has 6 heteroatoms. The number of carbonyl (C=O) groups is 2. The van der Waals surface area contributed by atoms with Gasteiger partial charge in [-0.1, -0.05) is 38.5 Å². The Balaban J connectivity index is 1.30. The van der Waals surface area contributed by atoms with Crippen LogP contribution < -0.4 is 0 Å². The Hall–Kier alpha value is -1.98. The van der Waals surface area contributed by atoms with Gasteiger partial charge in [-0.15, -0.1) is 0 Å². The molecule has 0 saturated carbocycles. The van der Waals surface area contributed by atoms with Gasteiger partial charge in [-0.05, 0) is 25.0 Å². The molecule has 0 saturated heterocycles. The van der Waals surface area contributed by atoms with Crippen LogP contribution in [-0.2, 0) is 28.5 Å². The third-order valence-electron chi connectivity index (χ3n) is 4.50. The van der Waals surface area contributed by atoms with Crippen LogP contribution in [0.25, 0.3) is 0 Å². The number of esters is 2. The lowest BCUT2D eigenvalue weighted by Crippen LogP contribution is -2.17. The Kier molecular flexibility index (Phi) is 9.69. The van der Waals surface area contributed by atoms with Gasteiger partial charge in [0.15, 0.2) is 0 Å². The van der Waals surface area contributed by atoms with Crippen molar-refractivity contribution in [3.63, 3.8) is 0 Å². The van der Waals surface area contributed by atoms with Crippen molar-refractivity contribution < 1.29 is 28.5 Å². The minimum Gasteiger partial charge on any atom is -0.500 e. The Bertz CT molecular complexity index is 441. The van der Waals surface area contributed by atoms with Gasteiger partial charge in [0, 0.05) is 0 Å². The van der Waals surface area contributed by atoms with Crippen LogP contribution in [-0.4, -0.2) is 38.4 Å². The number of rotatable bonds is 13. The highest BCUT2D eigenvalue weighted by Gasteiger charge is 2.21. The largest absolute Gasteiger partial charge is 0.500 e. The molecule has 2 aliphatic heterocycles. The molecular formula is C20H30O6. The van der Waals surface area contributed by atoms with Gasteiger partial charge in [0.25, 0.3) is 0 Å². The molecule has 0 fully saturated rings. The SMILES string of the molecule is O=C(OCCCCCCCCCCOC(=O)C1C=COC1)C1C=COC1. The maximum Gasteiger partial charge on any atom is 0.316 e. The highest BCUT2D eigenvalue weighted by Crippen LogP contribution is 2.13. The summed E-state index contributed by atoms with van der Waals surface area (Å²) in [6.07, 6.45) is 15.3. The van der Waals surface area contributed by atoms with Crippen LogP contribution in [0.2, 0.25) is 0 Å². The van der Waals surface area contributed by atoms with Crippen molar-refractivity contribution in [1.29, 1.82) is 0 Å². The Labute approximate surface area is 155 Å². The normalized spacial score (nSPS) is 20.6. The van der Waals surface area contributed by atoms with E-state index >= 15 is 0 Å². The van der Waals surface area contributed by atoms with Crippen molar-refractivity contribution in [1.82, 2.24) is 0 Å². The van der Waals surface area contributed by atoms with E-state index in [9.17, 15) is 9.59 Å². The van der Waals surface area contributed by atoms with Crippen molar-refractivity contribution in [3.8, 4) is 0 Å². The highest BCUT2D eigenvalue weighted by molar-refractivity contribution is 5.75. The minimum absolute atomic E-state index is 0.184. The first-order valence-electron chi connectivity index (χ1n) is 9.67. The van der Waals surface area contributed by atoms with Crippen LogP contribution in [0.15, 0.2) is 24.7 Å². The Morgan fingerprint density at radius 2 is 1.08 bits per heavy atom. The van der Waals surface area contributed by atoms with Crippen LogP contribution in [0.5, 0.6) is 0 Å². The van der Waals surface area contributed by atoms with Crippen molar-refractivity contribution in [2.75, 3.05) is 26.4 Å². The third kappa shape index (κ3) is 7.93. The summed E-state index contributed by atoms with van der Waals surface area (Å²) in [5.74, 6) is -0.818. The first-order valence-corrected chi connectivity index (χ1v) is 9.67. The average molecular weight is 366 g/mol. The molecule has 0 spiro atoms. The fourth-order valence-electron chi connectivity index (χ4n) is 2.85. The van der Waals surface area contributed by atoms with Gasteiger partial charge >= 0.3 is 11.9 Å². The molecule has 26 heavy (non-hydrogen) atoms. The molecule has 2 rings (SSSR count). The molecule has 2 aliphatic rings. The first kappa shape index (κ1) is 20.3. The van der Waals surface area contributed by atoms with Gasteiger partial charge < -0.3 is 18.9 Å². The van der Waals surface area contributed by atoms with Crippen LogP contribution in [0.3, 0.4) is 0 Å². The van der Waals surface area contributed by atoms with E-state index in [2.05, 4.69) is 0 Å². The van der Waals surface area contributed by atoms with E-state index in [4.69, 9.17) is 18.9 Å². The van der Waals surface area contributed by atoms with E-state index in [0.717, 1.165) is 38.5 Å². The summed E-state index contributed by atoms with van der Waals surface area (Å²) in [6.45, 7) is 1.81. The van der Waals surface area contributed by atoms with E-state index in [1.807, 2.05) is 0 Å². The molecule has 146 valence electrons. The predicted octanol–water partition coefficient (Wildman–Crippen LogP) is 3.51. The fraction of sp³-hybridized carbons (Fsp3) is 0.700. The van der Waals surface area contributed by atoms with E-state index in [1.165, 1.54) is 12.8 Å². The van der Waals surface area contributed by atoms with Gasteiger partial charge in [-0.3, -0.25) is 9.59 Å². The molecule has 0 aromatic rings. The summed E-state index contributed by atoms with van der Waals surface area (Å²) in [5, 5.41) is 0. The zero-order valence-corrected chi connectivity index (χ0v) is 15.4. The lowest BCUT2D eigenvalue weighted by Gasteiger charge is -2.08. The fourth-order valence-corrected chi connectivity index (χ4v) is 2.85. The molecule has 2 atom stereocenters. The van der Waals surface area contributed by atoms with Crippen LogP contribution >= 0.6 is 0 Å². The number of hydrogen-bond acceptors (Lipinski definition) is 6. The Morgan fingerprint density at radius 1 is 0.692 bits per heavy atom. The first-order chi connectivity index (χ1) is 12.8. The molecule has 0 radical (unpaired) electrons. The van der Waals surface area contributed by atoms with E-state index in [1.54, 1.807) is 24.7 Å². The van der Waals surface area contributed by atoms with Gasteiger partial charge in [-0.2, -0.15) is 0 Å².